The Hall–Kier alpha value is 0.147. The Morgan fingerprint density at radius 1 is 0.583 bits per heavy atom. The summed E-state index contributed by atoms with van der Waals surface area (Å²) in [6, 6.07) is 1.41. The summed E-state index contributed by atoms with van der Waals surface area (Å²) >= 11 is 0. The van der Waals surface area contributed by atoms with Gasteiger partial charge in [-0.1, -0.05) is 123 Å². The van der Waals surface area contributed by atoms with Crippen LogP contribution >= 0.6 is 0 Å². The quantitative estimate of drug-likeness (QED) is 0.169. The Kier molecular flexibility index (Phi) is 16.7. The lowest BCUT2D eigenvalue weighted by Crippen LogP contribution is -2.18. The van der Waals surface area contributed by atoms with Crippen LogP contribution in [0.15, 0.2) is 0 Å². The van der Waals surface area contributed by atoms with E-state index in [1.54, 1.807) is 0 Å². The third-order valence-corrected chi connectivity index (χ3v) is 6.92. The number of halogens is 1. The maximum absolute atomic E-state index is 13.9. The van der Waals surface area contributed by atoms with Crippen molar-refractivity contribution in [3.8, 4) is 0 Å². The third-order valence-electron chi connectivity index (χ3n) is 5.07. The molecular formula is C22H47FSi. The van der Waals surface area contributed by atoms with Crippen LogP contribution in [0.3, 0.4) is 0 Å². The van der Waals surface area contributed by atoms with Crippen LogP contribution in [0, 0.1) is 0 Å². The van der Waals surface area contributed by atoms with Crippen molar-refractivity contribution in [2.45, 2.75) is 142 Å². The second-order valence-electron chi connectivity index (χ2n) is 9.08. The Morgan fingerprint density at radius 2 is 0.958 bits per heavy atom. The fourth-order valence-electron chi connectivity index (χ4n) is 3.37. The molecule has 0 bridgehead atoms. The van der Waals surface area contributed by atoms with Gasteiger partial charge in [0, 0.05) is 8.07 Å². The maximum atomic E-state index is 13.9. The van der Waals surface area contributed by atoms with E-state index in [0.717, 1.165) is 25.7 Å². The molecule has 0 saturated carbocycles. The van der Waals surface area contributed by atoms with Gasteiger partial charge in [-0.2, -0.15) is 0 Å². The van der Waals surface area contributed by atoms with Gasteiger partial charge >= 0.3 is 0 Å². The van der Waals surface area contributed by atoms with Gasteiger partial charge < -0.3 is 0 Å². The van der Waals surface area contributed by atoms with E-state index in [1.165, 1.54) is 83.1 Å². The van der Waals surface area contributed by atoms with Crippen LogP contribution in [0.4, 0.5) is 4.39 Å². The molecule has 0 aliphatic rings. The van der Waals surface area contributed by atoms with Crippen molar-refractivity contribution in [3.63, 3.8) is 0 Å². The Labute approximate surface area is 154 Å². The fourth-order valence-corrected chi connectivity index (χ4v) is 4.68. The highest BCUT2D eigenvalue weighted by Crippen LogP contribution is 2.18. The van der Waals surface area contributed by atoms with Gasteiger partial charge in [-0.3, -0.25) is 0 Å². The topological polar surface area (TPSA) is 0 Å². The molecule has 0 aromatic rings. The Bertz CT molecular complexity index is 247. The van der Waals surface area contributed by atoms with Crippen molar-refractivity contribution >= 4 is 8.07 Å². The molecule has 0 rings (SSSR count). The lowest BCUT2D eigenvalue weighted by Gasteiger charge is -2.15. The molecule has 0 spiro atoms. The van der Waals surface area contributed by atoms with Crippen molar-refractivity contribution < 1.29 is 4.39 Å². The van der Waals surface area contributed by atoms with Gasteiger partial charge in [0.05, 0.1) is 0 Å². The highest BCUT2D eigenvalue weighted by atomic mass is 28.3. The average Bonchev–Trinajstić information content (AvgIpc) is 2.51. The average molecular weight is 359 g/mol. The summed E-state index contributed by atoms with van der Waals surface area (Å²) in [5.41, 5.74) is 0. The van der Waals surface area contributed by atoms with Crippen molar-refractivity contribution in [2.24, 2.45) is 0 Å². The van der Waals surface area contributed by atoms with Crippen LogP contribution in [0.2, 0.25) is 25.7 Å². The largest absolute Gasteiger partial charge is 0.247 e. The van der Waals surface area contributed by atoms with Gasteiger partial charge in [0.25, 0.3) is 0 Å². The van der Waals surface area contributed by atoms with Gasteiger partial charge in [-0.15, -0.1) is 0 Å². The highest BCUT2D eigenvalue weighted by molar-refractivity contribution is 6.76. The van der Waals surface area contributed by atoms with Crippen LogP contribution in [-0.2, 0) is 0 Å². The zero-order chi connectivity index (χ0) is 18.1. The predicted molar refractivity (Wildman–Crippen MR) is 113 cm³/mol. The van der Waals surface area contributed by atoms with Crippen molar-refractivity contribution in [1.29, 1.82) is 0 Å². The van der Waals surface area contributed by atoms with E-state index < -0.39 is 14.2 Å². The lowest BCUT2D eigenvalue weighted by molar-refractivity contribution is 0.279. The SMILES string of the molecule is CCCCCCCCCCCCCC(F)CCCCC[Si](C)(C)C. The smallest absolute Gasteiger partial charge is 0.100 e. The van der Waals surface area contributed by atoms with Crippen molar-refractivity contribution in [3.05, 3.63) is 0 Å². The molecule has 0 aromatic carbocycles. The minimum absolute atomic E-state index is 0.532. The molecule has 24 heavy (non-hydrogen) atoms. The first-order valence-corrected chi connectivity index (χ1v) is 14.8. The molecule has 0 fully saturated rings. The molecule has 0 N–H and O–H groups in total. The van der Waals surface area contributed by atoms with E-state index in [-0.39, 0.29) is 0 Å². The Morgan fingerprint density at radius 3 is 1.38 bits per heavy atom. The molecule has 0 nitrogen and oxygen atoms in total. The van der Waals surface area contributed by atoms with Crippen LogP contribution in [0.5, 0.6) is 0 Å². The summed E-state index contributed by atoms with van der Waals surface area (Å²) in [6.07, 6.45) is 19.6. The molecule has 2 heteroatoms. The highest BCUT2D eigenvalue weighted by Gasteiger charge is 2.12. The van der Waals surface area contributed by atoms with Crippen molar-refractivity contribution in [1.82, 2.24) is 0 Å². The summed E-state index contributed by atoms with van der Waals surface area (Å²) < 4.78 is 13.9. The monoisotopic (exact) mass is 358 g/mol. The molecular weight excluding hydrogens is 311 g/mol. The van der Waals surface area contributed by atoms with Gasteiger partial charge in [-0.05, 0) is 12.8 Å². The zero-order valence-electron chi connectivity index (χ0n) is 17.5. The normalized spacial score (nSPS) is 13.4. The molecule has 0 amide bonds. The minimum Gasteiger partial charge on any atom is -0.247 e. The van der Waals surface area contributed by atoms with Crippen molar-refractivity contribution in [2.75, 3.05) is 0 Å². The molecule has 0 aromatic heterocycles. The number of alkyl halides is 1. The van der Waals surface area contributed by atoms with Gasteiger partial charge in [-0.25, -0.2) is 4.39 Å². The summed E-state index contributed by atoms with van der Waals surface area (Å²) in [5.74, 6) is 0. The van der Waals surface area contributed by atoms with Crippen LogP contribution < -0.4 is 0 Å². The predicted octanol–water partition coefficient (Wildman–Crippen LogP) is 8.92. The molecule has 146 valence electrons. The molecule has 1 atom stereocenters. The molecule has 0 heterocycles. The van der Waals surface area contributed by atoms with E-state index in [0.29, 0.717) is 0 Å². The van der Waals surface area contributed by atoms with E-state index in [9.17, 15) is 4.39 Å². The molecule has 0 radical (unpaired) electrons. The first kappa shape index (κ1) is 24.1. The summed E-state index contributed by atoms with van der Waals surface area (Å²) in [4.78, 5) is 0. The molecule has 1 unspecified atom stereocenters. The second-order valence-corrected chi connectivity index (χ2v) is 14.7. The summed E-state index contributed by atoms with van der Waals surface area (Å²) in [7, 11) is -0.877. The lowest BCUT2D eigenvalue weighted by atomic mass is 10.0. The first-order chi connectivity index (χ1) is 11.5. The van der Waals surface area contributed by atoms with Crippen LogP contribution in [0.25, 0.3) is 0 Å². The number of hydrogen-bond acceptors (Lipinski definition) is 0. The van der Waals surface area contributed by atoms with Gasteiger partial charge in [0.1, 0.15) is 6.17 Å². The molecule has 0 aliphatic carbocycles. The standard InChI is InChI=1S/C22H47FSi/c1-5-6-7-8-9-10-11-12-13-14-16-19-22(23)20-17-15-18-21-24(2,3)4/h22H,5-21H2,1-4H3. The first-order valence-electron chi connectivity index (χ1n) is 11.1. The maximum Gasteiger partial charge on any atom is 0.100 e. The second kappa shape index (κ2) is 16.6. The van der Waals surface area contributed by atoms with Gasteiger partial charge in [0.15, 0.2) is 0 Å². The Balaban J connectivity index is 3.19. The van der Waals surface area contributed by atoms with E-state index in [1.807, 2.05) is 0 Å². The summed E-state index contributed by atoms with van der Waals surface area (Å²) in [6.45, 7) is 9.56. The molecule has 0 aliphatic heterocycles. The number of hydrogen-bond donors (Lipinski definition) is 0. The fraction of sp³-hybridized carbons (Fsp3) is 1.00. The van der Waals surface area contributed by atoms with E-state index >= 15 is 0 Å². The van der Waals surface area contributed by atoms with Crippen LogP contribution in [-0.4, -0.2) is 14.2 Å². The zero-order valence-corrected chi connectivity index (χ0v) is 18.5. The number of rotatable bonds is 18. The van der Waals surface area contributed by atoms with Gasteiger partial charge in [0.2, 0.25) is 0 Å². The van der Waals surface area contributed by atoms with E-state index in [2.05, 4.69) is 26.6 Å². The number of unbranched alkanes of at least 4 members (excludes halogenated alkanes) is 12. The third kappa shape index (κ3) is 20.2. The molecule has 0 saturated heterocycles. The van der Waals surface area contributed by atoms with Crippen LogP contribution in [0.1, 0.15) is 110 Å². The van der Waals surface area contributed by atoms with E-state index in [4.69, 9.17) is 0 Å². The summed E-state index contributed by atoms with van der Waals surface area (Å²) in [5, 5.41) is 0. The minimum atomic E-state index is -0.877.